The Morgan fingerprint density at radius 2 is 1.96 bits per heavy atom. The van der Waals surface area contributed by atoms with Gasteiger partial charge in [-0.3, -0.25) is 9.59 Å². The molecule has 2 heterocycles. The van der Waals surface area contributed by atoms with Crippen LogP contribution in [0.5, 0.6) is 0 Å². The lowest BCUT2D eigenvalue weighted by Gasteiger charge is -2.14. The number of likely N-dealkylation sites (tertiary alicyclic amines) is 1. The number of furan rings is 1. The van der Waals surface area contributed by atoms with Crippen molar-refractivity contribution in [1.29, 1.82) is 0 Å². The summed E-state index contributed by atoms with van der Waals surface area (Å²) in [5, 5.41) is 4.85. The first-order chi connectivity index (χ1) is 13.5. The first-order valence-electron chi connectivity index (χ1n) is 9.59. The average molecular weight is 400 g/mol. The summed E-state index contributed by atoms with van der Waals surface area (Å²) in [6, 6.07) is 6.72. The number of hydrogen-bond donors (Lipinski definition) is 1. The molecule has 28 heavy (non-hydrogen) atoms. The molecule has 1 aliphatic carbocycles. The van der Waals surface area contributed by atoms with Crippen LogP contribution in [0.4, 0.5) is 0 Å². The monoisotopic (exact) mass is 399 g/mol. The van der Waals surface area contributed by atoms with Gasteiger partial charge in [0, 0.05) is 41.2 Å². The highest BCUT2D eigenvalue weighted by atomic mass is 35.5. The number of fused-ring (bicyclic) bond motifs is 1. The third-order valence-corrected chi connectivity index (χ3v) is 5.53. The summed E-state index contributed by atoms with van der Waals surface area (Å²) in [7, 11) is 0. The summed E-state index contributed by atoms with van der Waals surface area (Å²) >= 11 is 5.95. The minimum Gasteiger partial charge on any atom is -0.455 e. The van der Waals surface area contributed by atoms with Gasteiger partial charge in [-0.1, -0.05) is 17.7 Å². The number of nitrogens with one attached hydrogen (secondary N) is 1. The van der Waals surface area contributed by atoms with Crippen LogP contribution in [-0.4, -0.2) is 35.5 Å². The van der Waals surface area contributed by atoms with Crippen LogP contribution >= 0.6 is 11.6 Å². The summed E-state index contributed by atoms with van der Waals surface area (Å²) < 4.78 is 5.95. The molecule has 1 aliphatic heterocycles. The number of hydrogen-bond acceptors (Lipinski definition) is 4. The van der Waals surface area contributed by atoms with Crippen LogP contribution in [0.3, 0.4) is 0 Å². The molecule has 2 amide bonds. The van der Waals surface area contributed by atoms with Crippen molar-refractivity contribution < 1.29 is 14.0 Å². The fourth-order valence-electron chi connectivity index (χ4n) is 3.86. The summed E-state index contributed by atoms with van der Waals surface area (Å²) in [6.45, 7) is 3.45. The Bertz CT molecular complexity index is 958. The molecule has 6 nitrogen and oxygen atoms in total. The molecule has 1 aromatic carbocycles. The number of aryl methyl sites for hydroxylation is 1. The summed E-state index contributed by atoms with van der Waals surface area (Å²) in [5.41, 5.74) is 5.47. The molecule has 0 saturated carbocycles. The molecular weight excluding hydrogens is 378 g/mol. The molecular formula is C21H22ClN3O3. The number of rotatable bonds is 3. The number of carbonyl (C=O) groups is 2. The second-order valence-corrected chi connectivity index (χ2v) is 7.65. The molecule has 2 aliphatic rings. The van der Waals surface area contributed by atoms with Gasteiger partial charge in [-0.15, -0.1) is 0 Å². The Hall–Kier alpha value is -2.60. The number of nitrogens with zero attached hydrogens (tertiary/aromatic N) is 2. The number of halogens is 1. The van der Waals surface area contributed by atoms with Crippen LogP contribution in [0.1, 0.15) is 63.5 Å². The number of amides is 2. The van der Waals surface area contributed by atoms with Gasteiger partial charge in [0.05, 0.1) is 5.71 Å². The molecule has 146 valence electrons. The van der Waals surface area contributed by atoms with Gasteiger partial charge in [0.25, 0.3) is 11.8 Å². The van der Waals surface area contributed by atoms with Crippen LogP contribution in [0.2, 0.25) is 5.02 Å². The maximum Gasteiger partial charge on any atom is 0.289 e. The molecule has 4 rings (SSSR count). The molecule has 1 aromatic heterocycles. The second-order valence-electron chi connectivity index (χ2n) is 7.22. The lowest BCUT2D eigenvalue weighted by atomic mass is 9.93. The van der Waals surface area contributed by atoms with Crippen molar-refractivity contribution in [2.45, 2.75) is 39.0 Å². The fraction of sp³-hybridized carbons (Fsp3) is 0.381. The fourth-order valence-corrected chi connectivity index (χ4v) is 4.05. The molecule has 0 unspecified atom stereocenters. The Morgan fingerprint density at radius 3 is 2.71 bits per heavy atom. The van der Waals surface area contributed by atoms with Gasteiger partial charge >= 0.3 is 0 Å². The van der Waals surface area contributed by atoms with Gasteiger partial charge in [-0.2, -0.15) is 5.10 Å². The van der Waals surface area contributed by atoms with Gasteiger partial charge in [0.1, 0.15) is 5.76 Å². The zero-order chi connectivity index (χ0) is 19.7. The first-order valence-corrected chi connectivity index (χ1v) is 9.97. The Labute approximate surface area is 168 Å². The maximum absolute atomic E-state index is 12.8. The van der Waals surface area contributed by atoms with E-state index < -0.39 is 0 Å². The predicted molar refractivity (Wildman–Crippen MR) is 107 cm³/mol. The maximum atomic E-state index is 12.8. The van der Waals surface area contributed by atoms with Gasteiger partial charge in [0.2, 0.25) is 0 Å². The number of benzene rings is 1. The highest BCUT2D eigenvalue weighted by Crippen LogP contribution is 2.31. The van der Waals surface area contributed by atoms with Gasteiger partial charge in [-0.05, 0) is 50.8 Å². The topological polar surface area (TPSA) is 74.9 Å². The van der Waals surface area contributed by atoms with Crippen molar-refractivity contribution in [1.82, 2.24) is 10.3 Å². The molecule has 0 spiro atoms. The zero-order valence-corrected chi connectivity index (χ0v) is 16.5. The lowest BCUT2D eigenvalue weighted by molar-refractivity contribution is 0.0758. The van der Waals surface area contributed by atoms with E-state index in [2.05, 4.69) is 10.5 Å². The third kappa shape index (κ3) is 3.56. The van der Waals surface area contributed by atoms with Crippen molar-refractivity contribution in [3.8, 4) is 0 Å². The molecule has 2 aromatic rings. The van der Waals surface area contributed by atoms with E-state index in [0.29, 0.717) is 16.3 Å². The van der Waals surface area contributed by atoms with E-state index >= 15 is 0 Å². The smallest absolute Gasteiger partial charge is 0.289 e. The molecule has 1 fully saturated rings. The number of hydrazone groups is 1. The third-order valence-electron chi connectivity index (χ3n) is 5.29. The molecule has 0 atom stereocenters. The minimum atomic E-state index is -0.323. The number of carbonyl (C=O) groups excluding carboxylic acids is 2. The van der Waals surface area contributed by atoms with Crippen molar-refractivity contribution >= 4 is 29.1 Å². The van der Waals surface area contributed by atoms with E-state index in [-0.39, 0.29) is 11.8 Å². The Morgan fingerprint density at radius 1 is 1.18 bits per heavy atom. The molecule has 1 N–H and O–H groups in total. The molecule has 0 radical (unpaired) electrons. The zero-order valence-electron chi connectivity index (χ0n) is 15.8. The normalized spacial score (nSPS) is 17.6. The van der Waals surface area contributed by atoms with Gasteiger partial charge in [0.15, 0.2) is 5.76 Å². The summed E-state index contributed by atoms with van der Waals surface area (Å²) in [4.78, 5) is 27.0. The quantitative estimate of drug-likeness (QED) is 0.794. The van der Waals surface area contributed by atoms with Crippen LogP contribution < -0.4 is 5.43 Å². The van der Waals surface area contributed by atoms with Crippen molar-refractivity contribution in [3.63, 3.8) is 0 Å². The largest absolute Gasteiger partial charge is 0.455 e. The van der Waals surface area contributed by atoms with E-state index in [1.54, 1.807) is 24.3 Å². The molecule has 7 heteroatoms. The minimum absolute atomic E-state index is 0.0493. The van der Waals surface area contributed by atoms with Gasteiger partial charge < -0.3 is 9.32 Å². The summed E-state index contributed by atoms with van der Waals surface area (Å²) in [5.74, 6) is 0.813. The Balaban J connectivity index is 1.59. The predicted octanol–water partition coefficient (Wildman–Crippen LogP) is 3.95. The van der Waals surface area contributed by atoms with Crippen molar-refractivity contribution in [2.75, 3.05) is 13.1 Å². The van der Waals surface area contributed by atoms with E-state index in [9.17, 15) is 9.59 Å². The SMILES string of the molecule is Cc1c(C(=O)N2CCCC2)oc2c1/C(=N/NC(=O)c1cccc(Cl)c1)CCC2. The summed E-state index contributed by atoms with van der Waals surface area (Å²) in [6.07, 6.45) is 4.43. The van der Waals surface area contributed by atoms with Crippen LogP contribution in [0.15, 0.2) is 33.8 Å². The van der Waals surface area contributed by atoms with E-state index in [1.807, 2.05) is 11.8 Å². The molecule has 1 saturated heterocycles. The van der Waals surface area contributed by atoms with E-state index in [0.717, 1.165) is 67.8 Å². The van der Waals surface area contributed by atoms with Crippen molar-refractivity contribution in [3.05, 3.63) is 57.5 Å². The van der Waals surface area contributed by atoms with Crippen LogP contribution in [-0.2, 0) is 6.42 Å². The van der Waals surface area contributed by atoms with E-state index in [4.69, 9.17) is 16.0 Å². The van der Waals surface area contributed by atoms with E-state index in [1.165, 1.54) is 0 Å². The lowest BCUT2D eigenvalue weighted by Crippen LogP contribution is -2.27. The van der Waals surface area contributed by atoms with Crippen LogP contribution in [0, 0.1) is 6.92 Å². The van der Waals surface area contributed by atoms with Gasteiger partial charge in [-0.25, -0.2) is 5.43 Å². The highest BCUT2D eigenvalue weighted by Gasteiger charge is 2.31. The second kappa shape index (κ2) is 7.80. The standard InChI is InChI=1S/C21H22ClN3O3/c1-13-18-16(23-24-20(26)14-6-4-7-15(22)12-14)8-5-9-17(18)28-19(13)21(27)25-10-2-3-11-25/h4,6-7,12H,2-3,5,8-11H2,1H3,(H,24,26)/b23-16+. The Kier molecular flexibility index (Phi) is 5.22. The molecule has 0 bridgehead atoms. The highest BCUT2D eigenvalue weighted by molar-refractivity contribution is 6.31. The van der Waals surface area contributed by atoms with Crippen molar-refractivity contribution in [2.24, 2.45) is 5.10 Å². The average Bonchev–Trinajstić information content (AvgIpc) is 3.34. The first kappa shape index (κ1) is 18.7. The van der Waals surface area contributed by atoms with Crippen LogP contribution in [0.25, 0.3) is 0 Å².